The van der Waals surface area contributed by atoms with Crippen molar-refractivity contribution in [2.24, 2.45) is 5.41 Å². The molecule has 5 nitrogen and oxygen atoms in total. The Bertz CT molecular complexity index is 300. The first-order chi connectivity index (χ1) is 7.68. The van der Waals surface area contributed by atoms with Crippen molar-refractivity contribution in [2.75, 3.05) is 46.0 Å². The quantitative estimate of drug-likeness (QED) is 0.581. The monoisotopic (exact) mass is 265 g/mol. The van der Waals surface area contributed by atoms with Crippen LogP contribution in [0.1, 0.15) is 20.8 Å². The van der Waals surface area contributed by atoms with Gasteiger partial charge in [0, 0.05) is 19.6 Å². The Morgan fingerprint density at radius 3 is 2.29 bits per heavy atom. The van der Waals surface area contributed by atoms with E-state index in [1.165, 1.54) is 0 Å². The maximum Gasteiger partial charge on any atom is 0.212 e. The molecule has 0 rings (SSSR count). The van der Waals surface area contributed by atoms with E-state index in [0.717, 1.165) is 13.1 Å². The van der Waals surface area contributed by atoms with E-state index < -0.39 is 10.0 Å². The van der Waals surface area contributed by atoms with Crippen LogP contribution in [0.4, 0.5) is 0 Å². The molecule has 0 aliphatic carbocycles. The van der Waals surface area contributed by atoms with Crippen molar-refractivity contribution in [2.45, 2.75) is 20.8 Å². The van der Waals surface area contributed by atoms with E-state index in [4.69, 9.17) is 0 Å². The van der Waals surface area contributed by atoms with Crippen molar-refractivity contribution in [3.63, 3.8) is 0 Å². The van der Waals surface area contributed by atoms with Crippen LogP contribution in [0.3, 0.4) is 0 Å². The molecule has 0 saturated carbocycles. The first-order valence-electron chi connectivity index (χ1n) is 6.01. The number of sulfonamides is 1. The van der Waals surface area contributed by atoms with Gasteiger partial charge < -0.3 is 10.2 Å². The Morgan fingerprint density at radius 2 is 1.82 bits per heavy atom. The molecule has 0 heterocycles. The van der Waals surface area contributed by atoms with E-state index in [-0.39, 0.29) is 11.2 Å². The lowest BCUT2D eigenvalue weighted by Crippen LogP contribution is -2.41. The molecule has 0 radical (unpaired) electrons. The van der Waals surface area contributed by atoms with Crippen LogP contribution in [0.25, 0.3) is 0 Å². The second-order valence-corrected chi connectivity index (χ2v) is 7.32. The summed E-state index contributed by atoms with van der Waals surface area (Å²) in [5, 5.41) is 3.01. The highest BCUT2D eigenvalue weighted by Crippen LogP contribution is 2.14. The highest BCUT2D eigenvalue weighted by atomic mass is 32.2. The summed E-state index contributed by atoms with van der Waals surface area (Å²) >= 11 is 0. The number of hydrogen-bond donors (Lipinski definition) is 2. The lowest BCUT2D eigenvalue weighted by atomic mass is 9.93. The molecule has 0 spiro atoms. The van der Waals surface area contributed by atoms with Crippen LogP contribution >= 0.6 is 0 Å². The summed E-state index contributed by atoms with van der Waals surface area (Å²) in [6.45, 7) is 8.68. The SMILES string of the molecule is CCNCCS(=O)(=O)NCC(C)(C)CN(C)C. The van der Waals surface area contributed by atoms with Gasteiger partial charge >= 0.3 is 0 Å². The summed E-state index contributed by atoms with van der Waals surface area (Å²) in [6.07, 6.45) is 0. The second-order valence-electron chi connectivity index (χ2n) is 5.40. The van der Waals surface area contributed by atoms with Crippen LogP contribution in [0.15, 0.2) is 0 Å². The number of nitrogens with one attached hydrogen (secondary N) is 2. The largest absolute Gasteiger partial charge is 0.316 e. The molecule has 0 saturated heterocycles. The van der Waals surface area contributed by atoms with Crippen LogP contribution in [-0.2, 0) is 10.0 Å². The molecule has 0 aromatic rings. The maximum absolute atomic E-state index is 11.7. The second kappa shape index (κ2) is 7.31. The topological polar surface area (TPSA) is 61.4 Å². The highest BCUT2D eigenvalue weighted by molar-refractivity contribution is 7.89. The fraction of sp³-hybridized carbons (Fsp3) is 1.00. The molecule has 2 N–H and O–H groups in total. The predicted octanol–water partition coefficient (Wildman–Crippen LogP) is 0.103. The molecule has 6 heteroatoms. The molecule has 0 fully saturated rings. The summed E-state index contributed by atoms with van der Waals surface area (Å²) in [7, 11) is 0.821. The number of rotatable bonds is 9. The van der Waals surface area contributed by atoms with Crippen molar-refractivity contribution in [1.29, 1.82) is 0 Å². The van der Waals surface area contributed by atoms with Gasteiger partial charge in [0.25, 0.3) is 0 Å². The van der Waals surface area contributed by atoms with E-state index >= 15 is 0 Å². The Kier molecular flexibility index (Phi) is 7.23. The van der Waals surface area contributed by atoms with Gasteiger partial charge in [-0.25, -0.2) is 13.1 Å². The predicted molar refractivity (Wildman–Crippen MR) is 72.7 cm³/mol. The molecule has 0 unspecified atom stereocenters. The fourth-order valence-corrected chi connectivity index (χ4v) is 2.84. The van der Waals surface area contributed by atoms with Crippen molar-refractivity contribution in [3.8, 4) is 0 Å². The standard InChI is InChI=1S/C11H27N3O2S/c1-6-12-7-8-17(15,16)13-9-11(2,3)10-14(4)5/h12-13H,6-10H2,1-5H3. The zero-order chi connectivity index (χ0) is 13.5. The maximum atomic E-state index is 11.7. The van der Waals surface area contributed by atoms with Crippen molar-refractivity contribution in [3.05, 3.63) is 0 Å². The normalized spacial score (nSPS) is 13.3. The Hall–Kier alpha value is -0.170. The third kappa shape index (κ3) is 9.52. The zero-order valence-electron chi connectivity index (χ0n) is 11.7. The third-order valence-corrected chi connectivity index (χ3v) is 3.64. The Labute approximate surface area is 106 Å². The number of hydrogen-bond acceptors (Lipinski definition) is 4. The minimum absolute atomic E-state index is 0.0608. The lowest BCUT2D eigenvalue weighted by Gasteiger charge is -2.28. The minimum Gasteiger partial charge on any atom is -0.316 e. The minimum atomic E-state index is -3.15. The molecule has 0 aliphatic heterocycles. The molecule has 0 aromatic heterocycles. The molecule has 0 atom stereocenters. The van der Waals surface area contributed by atoms with Gasteiger partial charge in [-0.1, -0.05) is 20.8 Å². The molecular weight excluding hydrogens is 238 g/mol. The first-order valence-corrected chi connectivity index (χ1v) is 7.66. The molecular formula is C11H27N3O2S. The molecule has 0 aromatic carbocycles. The summed E-state index contributed by atoms with van der Waals surface area (Å²) in [6, 6.07) is 0. The molecule has 0 bridgehead atoms. The first kappa shape index (κ1) is 16.8. The van der Waals surface area contributed by atoms with Crippen molar-refractivity contribution >= 4 is 10.0 Å². The van der Waals surface area contributed by atoms with Crippen molar-refractivity contribution < 1.29 is 8.42 Å². The van der Waals surface area contributed by atoms with Crippen LogP contribution in [-0.4, -0.2) is 59.3 Å². The van der Waals surface area contributed by atoms with Crippen LogP contribution in [0.2, 0.25) is 0 Å². The Balaban J connectivity index is 4.08. The van der Waals surface area contributed by atoms with Gasteiger partial charge in [-0.2, -0.15) is 0 Å². The summed E-state index contributed by atoms with van der Waals surface area (Å²) in [5.74, 6) is 0.138. The summed E-state index contributed by atoms with van der Waals surface area (Å²) in [5.41, 5.74) is -0.0608. The van der Waals surface area contributed by atoms with E-state index in [2.05, 4.69) is 28.8 Å². The van der Waals surface area contributed by atoms with Crippen LogP contribution < -0.4 is 10.0 Å². The average molecular weight is 265 g/mol. The van der Waals surface area contributed by atoms with Gasteiger partial charge in [0.2, 0.25) is 10.0 Å². The molecule has 0 aliphatic rings. The molecule has 17 heavy (non-hydrogen) atoms. The molecule has 0 amide bonds. The van der Waals surface area contributed by atoms with Crippen molar-refractivity contribution in [1.82, 2.24) is 14.9 Å². The van der Waals surface area contributed by atoms with Gasteiger partial charge in [-0.3, -0.25) is 0 Å². The van der Waals surface area contributed by atoms with Gasteiger partial charge in [-0.05, 0) is 26.1 Å². The van der Waals surface area contributed by atoms with Crippen LogP contribution in [0.5, 0.6) is 0 Å². The van der Waals surface area contributed by atoms with Gasteiger partial charge in [0.1, 0.15) is 0 Å². The van der Waals surface area contributed by atoms with E-state index in [1.54, 1.807) is 0 Å². The smallest absolute Gasteiger partial charge is 0.212 e. The van der Waals surface area contributed by atoms with Crippen LogP contribution in [0, 0.1) is 5.41 Å². The molecule has 104 valence electrons. The third-order valence-electron chi connectivity index (χ3n) is 2.31. The lowest BCUT2D eigenvalue weighted by molar-refractivity contribution is 0.242. The van der Waals surface area contributed by atoms with E-state index in [1.807, 2.05) is 21.0 Å². The van der Waals surface area contributed by atoms with Gasteiger partial charge in [-0.15, -0.1) is 0 Å². The highest BCUT2D eigenvalue weighted by Gasteiger charge is 2.21. The summed E-state index contributed by atoms with van der Waals surface area (Å²) in [4.78, 5) is 2.06. The van der Waals surface area contributed by atoms with Gasteiger partial charge in [0.05, 0.1) is 5.75 Å². The van der Waals surface area contributed by atoms with Gasteiger partial charge in [0.15, 0.2) is 0 Å². The zero-order valence-corrected chi connectivity index (χ0v) is 12.5. The van der Waals surface area contributed by atoms with E-state index in [0.29, 0.717) is 13.1 Å². The number of nitrogens with zero attached hydrogens (tertiary/aromatic N) is 1. The Morgan fingerprint density at radius 1 is 1.24 bits per heavy atom. The summed E-state index contributed by atoms with van der Waals surface area (Å²) < 4.78 is 26.0. The average Bonchev–Trinajstić information content (AvgIpc) is 2.14. The van der Waals surface area contributed by atoms with E-state index in [9.17, 15) is 8.42 Å². The fourth-order valence-electron chi connectivity index (χ4n) is 1.67.